The molecular formula is C19H19FN4O2S. The zero-order chi connectivity index (χ0) is 19.4. The maximum atomic E-state index is 14.5. The molecule has 6 nitrogen and oxygen atoms in total. The predicted molar refractivity (Wildman–Crippen MR) is 102 cm³/mol. The van der Waals surface area contributed by atoms with Gasteiger partial charge in [-0.05, 0) is 50.2 Å². The third-order valence-electron chi connectivity index (χ3n) is 3.83. The zero-order valence-electron chi connectivity index (χ0n) is 14.9. The smallest absolute Gasteiger partial charge is 0.230 e. The standard InChI is InChI=1S/C19H19FN4O2S/c1-3-26-14-10-8-13(9-11-14)18-22-23-19(27-12(2)17(21)25)24(18)16-7-5-4-6-15(16)20/h4-12H,3H2,1-2H3,(H2,21,25)/t12-/m1/s1. The maximum Gasteiger partial charge on any atom is 0.230 e. The molecular weight excluding hydrogens is 367 g/mol. The molecule has 0 radical (unpaired) electrons. The summed E-state index contributed by atoms with van der Waals surface area (Å²) in [5.41, 5.74) is 6.40. The van der Waals surface area contributed by atoms with E-state index in [0.717, 1.165) is 23.1 Å². The van der Waals surface area contributed by atoms with Gasteiger partial charge in [0.05, 0.1) is 17.5 Å². The zero-order valence-corrected chi connectivity index (χ0v) is 15.7. The van der Waals surface area contributed by atoms with Gasteiger partial charge in [-0.2, -0.15) is 0 Å². The Morgan fingerprint density at radius 2 is 1.93 bits per heavy atom. The summed E-state index contributed by atoms with van der Waals surface area (Å²) in [6.07, 6.45) is 0. The van der Waals surface area contributed by atoms with Crippen LogP contribution in [0.1, 0.15) is 13.8 Å². The van der Waals surface area contributed by atoms with Crippen LogP contribution >= 0.6 is 11.8 Å². The fourth-order valence-corrected chi connectivity index (χ4v) is 3.28. The second-order valence-corrected chi connectivity index (χ2v) is 7.02. The molecule has 0 saturated carbocycles. The Labute approximate surface area is 160 Å². The Morgan fingerprint density at radius 1 is 1.22 bits per heavy atom. The number of carbonyl (C=O) groups excluding carboxylic acids is 1. The van der Waals surface area contributed by atoms with Crippen molar-refractivity contribution >= 4 is 17.7 Å². The Bertz CT molecular complexity index is 943. The number of halogens is 1. The van der Waals surface area contributed by atoms with E-state index in [1.54, 1.807) is 29.7 Å². The molecule has 0 aliphatic heterocycles. The Balaban J connectivity index is 2.10. The first-order valence-corrected chi connectivity index (χ1v) is 9.28. The number of hydrogen-bond acceptors (Lipinski definition) is 5. The van der Waals surface area contributed by atoms with Crippen LogP contribution in [0.2, 0.25) is 0 Å². The minimum absolute atomic E-state index is 0.297. The topological polar surface area (TPSA) is 83.0 Å². The maximum absolute atomic E-state index is 14.5. The van der Waals surface area contributed by atoms with Gasteiger partial charge in [0, 0.05) is 5.56 Å². The normalized spacial score (nSPS) is 12.0. The number of rotatable bonds is 7. The van der Waals surface area contributed by atoms with Crippen molar-refractivity contribution in [2.24, 2.45) is 5.73 Å². The van der Waals surface area contributed by atoms with Gasteiger partial charge < -0.3 is 10.5 Å². The van der Waals surface area contributed by atoms with Crippen LogP contribution in [0.5, 0.6) is 5.75 Å². The molecule has 1 aromatic heterocycles. The van der Waals surface area contributed by atoms with E-state index in [1.165, 1.54) is 6.07 Å². The number of aromatic nitrogens is 3. The molecule has 0 spiro atoms. The van der Waals surface area contributed by atoms with Gasteiger partial charge in [0.15, 0.2) is 11.0 Å². The van der Waals surface area contributed by atoms with Crippen LogP contribution in [0.25, 0.3) is 17.1 Å². The van der Waals surface area contributed by atoms with E-state index in [9.17, 15) is 9.18 Å². The third kappa shape index (κ3) is 4.11. The van der Waals surface area contributed by atoms with Crippen LogP contribution in [0, 0.1) is 5.82 Å². The number of amides is 1. The first-order chi connectivity index (χ1) is 13.0. The highest BCUT2D eigenvalue weighted by Gasteiger charge is 2.22. The van der Waals surface area contributed by atoms with Gasteiger partial charge in [0.2, 0.25) is 5.91 Å². The van der Waals surface area contributed by atoms with E-state index < -0.39 is 17.0 Å². The van der Waals surface area contributed by atoms with Gasteiger partial charge in [-0.25, -0.2) is 4.39 Å². The highest BCUT2D eigenvalue weighted by atomic mass is 32.2. The van der Waals surface area contributed by atoms with Crippen molar-refractivity contribution in [3.63, 3.8) is 0 Å². The van der Waals surface area contributed by atoms with E-state index in [-0.39, 0.29) is 0 Å². The molecule has 0 unspecified atom stereocenters. The van der Waals surface area contributed by atoms with Crippen molar-refractivity contribution in [2.75, 3.05) is 6.61 Å². The molecule has 3 rings (SSSR count). The molecule has 3 aromatic rings. The number of benzene rings is 2. The van der Waals surface area contributed by atoms with Crippen molar-refractivity contribution in [2.45, 2.75) is 24.3 Å². The summed E-state index contributed by atoms with van der Waals surface area (Å²) >= 11 is 1.13. The van der Waals surface area contributed by atoms with Crippen molar-refractivity contribution in [1.29, 1.82) is 0 Å². The summed E-state index contributed by atoms with van der Waals surface area (Å²) in [7, 11) is 0. The second-order valence-electron chi connectivity index (χ2n) is 5.71. The molecule has 8 heteroatoms. The molecule has 1 heterocycles. The first-order valence-electron chi connectivity index (χ1n) is 8.40. The quantitative estimate of drug-likeness (QED) is 0.629. The van der Waals surface area contributed by atoms with Gasteiger partial charge >= 0.3 is 0 Å². The van der Waals surface area contributed by atoms with E-state index in [2.05, 4.69) is 10.2 Å². The lowest BCUT2D eigenvalue weighted by molar-refractivity contribution is -0.117. The summed E-state index contributed by atoms with van der Waals surface area (Å²) in [5.74, 6) is 0.293. The van der Waals surface area contributed by atoms with Crippen LogP contribution in [-0.4, -0.2) is 32.5 Å². The summed E-state index contributed by atoms with van der Waals surface area (Å²) in [6, 6.07) is 13.6. The lowest BCUT2D eigenvalue weighted by Crippen LogP contribution is -2.23. The molecule has 2 N–H and O–H groups in total. The van der Waals surface area contributed by atoms with E-state index >= 15 is 0 Å². The molecule has 1 atom stereocenters. The van der Waals surface area contributed by atoms with Crippen LogP contribution in [-0.2, 0) is 4.79 Å². The van der Waals surface area contributed by atoms with Crippen molar-refractivity contribution in [3.05, 3.63) is 54.3 Å². The minimum Gasteiger partial charge on any atom is -0.494 e. The number of nitrogens with zero attached hydrogens (tertiary/aromatic N) is 3. The average Bonchev–Trinajstić information content (AvgIpc) is 3.06. The van der Waals surface area contributed by atoms with Gasteiger partial charge in [-0.1, -0.05) is 23.9 Å². The number of thioether (sulfide) groups is 1. The van der Waals surface area contributed by atoms with Crippen LogP contribution in [0.15, 0.2) is 53.7 Å². The Hall–Kier alpha value is -2.87. The SMILES string of the molecule is CCOc1ccc(-c2nnc(S[C@H](C)C(N)=O)n2-c2ccccc2F)cc1. The Kier molecular flexibility index (Phi) is 5.75. The number of carbonyl (C=O) groups is 1. The monoisotopic (exact) mass is 386 g/mol. The molecule has 140 valence electrons. The van der Waals surface area contributed by atoms with Crippen LogP contribution in [0.3, 0.4) is 0 Å². The van der Waals surface area contributed by atoms with E-state index in [0.29, 0.717) is 23.3 Å². The van der Waals surface area contributed by atoms with Crippen molar-refractivity contribution in [1.82, 2.24) is 14.8 Å². The summed E-state index contributed by atoms with van der Waals surface area (Å²) in [6.45, 7) is 4.15. The molecule has 0 bridgehead atoms. The summed E-state index contributed by atoms with van der Waals surface area (Å²) in [5, 5.41) is 8.24. The van der Waals surface area contributed by atoms with Gasteiger partial charge in [-0.15, -0.1) is 10.2 Å². The molecule has 0 fully saturated rings. The molecule has 0 aliphatic carbocycles. The van der Waals surface area contributed by atoms with Gasteiger partial charge in [0.1, 0.15) is 11.6 Å². The van der Waals surface area contributed by atoms with Crippen molar-refractivity contribution < 1.29 is 13.9 Å². The van der Waals surface area contributed by atoms with Gasteiger partial charge in [0.25, 0.3) is 0 Å². The van der Waals surface area contributed by atoms with Crippen molar-refractivity contribution in [3.8, 4) is 22.8 Å². The molecule has 1 amide bonds. The number of hydrogen-bond donors (Lipinski definition) is 1. The second kappa shape index (κ2) is 8.22. The largest absolute Gasteiger partial charge is 0.494 e. The lowest BCUT2D eigenvalue weighted by atomic mass is 10.2. The van der Waals surface area contributed by atoms with E-state index in [1.807, 2.05) is 31.2 Å². The number of primary amides is 1. The highest BCUT2D eigenvalue weighted by molar-refractivity contribution is 8.00. The predicted octanol–water partition coefficient (Wildman–Crippen LogP) is 3.44. The fourth-order valence-electron chi connectivity index (χ4n) is 2.47. The summed E-state index contributed by atoms with van der Waals surface area (Å²) < 4.78 is 21.5. The molecule has 0 saturated heterocycles. The lowest BCUT2D eigenvalue weighted by Gasteiger charge is -2.13. The first kappa shape index (κ1) is 18.9. The van der Waals surface area contributed by atoms with Crippen LogP contribution < -0.4 is 10.5 Å². The number of para-hydroxylation sites is 1. The number of ether oxygens (including phenoxy) is 1. The molecule has 0 aliphatic rings. The average molecular weight is 386 g/mol. The highest BCUT2D eigenvalue weighted by Crippen LogP contribution is 2.31. The van der Waals surface area contributed by atoms with E-state index in [4.69, 9.17) is 10.5 Å². The fraction of sp³-hybridized carbons (Fsp3) is 0.211. The molecule has 2 aromatic carbocycles. The van der Waals surface area contributed by atoms with Crippen LogP contribution in [0.4, 0.5) is 4.39 Å². The third-order valence-corrected chi connectivity index (χ3v) is 4.89. The Morgan fingerprint density at radius 3 is 2.56 bits per heavy atom. The summed E-state index contributed by atoms with van der Waals surface area (Å²) in [4.78, 5) is 11.5. The van der Waals surface area contributed by atoms with Gasteiger partial charge in [-0.3, -0.25) is 9.36 Å². The minimum atomic E-state index is -0.534. The number of nitrogens with two attached hydrogens (primary N) is 1. The molecule has 27 heavy (non-hydrogen) atoms.